The highest BCUT2D eigenvalue weighted by Crippen LogP contribution is 2.36. The minimum Gasteiger partial charge on any atom is -0.478 e. The Morgan fingerprint density at radius 2 is 2.05 bits per heavy atom. The first-order chi connectivity index (χ1) is 9.72. The smallest absolute Gasteiger partial charge is 0.335 e. The zero-order chi connectivity index (χ0) is 15.7. The molecule has 1 aromatic carbocycles. The fraction of sp³-hybridized carbons (Fsp3) is 0.533. The van der Waals surface area contributed by atoms with Gasteiger partial charge in [0.15, 0.2) is 0 Å². The van der Waals surface area contributed by atoms with E-state index in [4.69, 9.17) is 5.11 Å². The molecular weight excluding hydrogens is 290 g/mol. The highest BCUT2D eigenvalue weighted by atomic mass is 32.2. The molecule has 0 amide bonds. The molecule has 0 aliphatic heterocycles. The normalized spacial score (nSPS) is 21.9. The van der Waals surface area contributed by atoms with Crippen LogP contribution >= 0.6 is 0 Å². The van der Waals surface area contributed by atoms with Gasteiger partial charge in [-0.15, -0.1) is 0 Å². The van der Waals surface area contributed by atoms with Gasteiger partial charge in [0, 0.05) is 6.04 Å². The van der Waals surface area contributed by atoms with Crippen LogP contribution in [0.3, 0.4) is 0 Å². The van der Waals surface area contributed by atoms with Gasteiger partial charge in [0.1, 0.15) is 0 Å². The highest BCUT2D eigenvalue weighted by Gasteiger charge is 2.35. The molecule has 0 saturated heterocycles. The summed E-state index contributed by atoms with van der Waals surface area (Å²) in [5.41, 5.74) is -0.115. The fourth-order valence-electron chi connectivity index (χ4n) is 2.76. The molecule has 1 unspecified atom stereocenters. The zero-order valence-electron chi connectivity index (χ0n) is 12.3. The molecule has 0 bridgehead atoms. The van der Waals surface area contributed by atoms with Crippen molar-refractivity contribution in [1.82, 2.24) is 4.72 Å². The van der Waals surface area contributed by atoms with E-state index in [9.17, 15) is 13.2 Å². The summed E-state index contributed by atoms with van der Waals surface area (Å²) in [7, 11) is -3.70. The molecule has 1 atom stereocenters. The van der Waals surface area contributed by atoms with Crippen LogP contribution in [0.5, 0.6) is 0 Å². The van der Waals surface area contributed by atoms with E-state index >= 15 is 0 Å². The van der Waals surface area contributed by atoms with Crippen molar-refractivity contribution in [3.8, 4) is 0 Å². The number of carbonyl (C=O) groups is 1. The summed E-state index contributed by atoms with van der Waals surface area (Å²) in [6, 6.07) is 5.32. The average molecular weight is 311 g/mol. The van der Waals surface area contributed by atoms with Gasteiger partial charge < -0.3 is 5.11 Å². The molecule has 0 aromatic heterocycles. The summed E-state index contributed by atoms with van der Waals surface area (Å²) in [4.78, 5) is 11.0. The van der Waals surface area contributed by atoms with E-state index in [1.807, 2.05) is 0 Å². The molecule has 6 heteroatoms. The fourth-order valence-corrected chi connectivity index (χ4v) is 4.25. The predicted molar refractivity (Wildman–Crippen MR) is 79.8 cm³/mol. The predicted octanol–water partition coefficient (Wildman–Crippen LogP) is 2.63. The number of benzene rings is 1. The number of nitrogens with one attached hydrogen (secondary N) is 1. The van der Waals surface area contributed by atoms with Gasteiger partial charge in [-0.05, 0) is 36.5 Å². The van der Waals surface area contributed by atoms with Crippen LogP contribution < -0.4 is 4.72 Å². The molecule has 0 spiro atoms. The van der Waals surface area contributed by atoms with Gasteiger partial charge in [-0.1, -0.05) is 32.8 Å². The molecule has 1 fully saturated rings. The van der Waals surface area contributed by atoms with E-state index in [2.05, 4.69) is 18.6 Å². The van der Waals surface area contributed by atoms with E-state index in [-0.39, 0.29) is 21.9 Å². The highest BCUT2D eigenvalue weighted by molar-refractivity contribution is 7.89. The van der Waals surface area contributed by atoms with Crippen LogP contribution in [0.1, 0.15) is 49.9 Å². The second kappa shape index (κ2) is 5.77. The second-order valence-corrected chi connectivity index (χ2v) is 7.96. The quantitative estimate of drug-likeness (QED) is 0.895. The van der Waals surface area contributed by atoms with Crippen molar-refractivity contribution in [1.29, 1.82) is 0 Å². The molecule has 5 nitrogen and oxygen atoms in total. The molecule has 0 heterocycles. The topological polar surface area (TPSA) is 83.5 Å². The summed E-state index contributed by atoms with van der Waals surface area (Å²) >= 11 is 0. The van der Waals surface area contributed by atoms with Gasteiger partial charge >= 0.3 is 5.97 Å². The van der Waals surface area contributed by atoms with Gasteiger partial charge in [0.25, 0.3) is 0 Å². The first-order valence-corrected chi connectivity index (χ1v) is 8.56. The number of hydrogen-bond donors (Lipinski definition) is 2. The third kappa shape index (κ3) is 3.63. The van der Waals surface area contributed by atoms with Crippen molar-refractivity contribution in [3.05, 3.63) is 29.8 Å². The van der Waals surface area contributed by atoms with Crippen LogP contribution in [0.4, 0.5) is 0 Å². The van der Waals surface area contributed by atoms with Crippen LogP contribution in [0.25, 0.3) is 0 Å². The number of carboxylic acids is 1. The minimum atomic E-state index is -3.70. The lowest BCUT2D eigenvalue weighted by molar-refractivity contribution is 0.0696. The van der Waals surface area contributed by atoms with Crippen molar-refractivity contribution >= 4 is 16.0 Å². The maximum absolute atomic E-state index is 12.5. The molecule has 2 N–H and O–H groups in total. The Bertz CT molecular complexity index is 637. The first kappa shape index (κ1) is 16.0. The van der Waals surface area contributed by atoms with Gasteiger partial charge in [0.05, 0.1) is 10.5 Å². The standard InChI is InChI=1S/C15H21NO4S/c1-15(2)9-4-3-8-13(15)16-21(19,20)12-7-5-6-11(10-12)14(17)18/h5-7,10,13,16H,3-4,8-9H2,1-2H3,(H,17,18). The Kier molecular flexibility index (Phi) is 4.39. The van der Waals surface area contributed by atoms with Gasteiger partial charge in [-0.3, -0.25) is 0 Å². The summed E-state index contributed by atoms with van der Waals surface area (Å²) in [6.07, 6.45) is 3.91. The lowest BCUT2D eigenvalue weighted by atomic mass is 9.74. The van der Waals surface area contributed by atoms with Crippen LogP contribution in [0.2, 0.25) is 0 Å². The SMILES string of the molecule is CC1(C)CCCCC1NS(=O)(=O)c1cccc(C(=O)O)c1. The van der Waals surface area contributed by atoms with Crippen molar-refractivity contribution in [3.63, 3.8) is 0 Å². The Morgan fingerprint density at radius 3 is 2.67 bits per heavy atom. The lowest BCUT2D eigenvalue weighted by Crippen LogP contribution is -2.46. The van der Waals surface area contributed by atoms with Crippen molar-refractivity contribution in [2.75, 3.05) is 0 Å². The van der Waals surface area contributed by atoms with Crippen molar-refractivity contribution in [2.45, 2.75) is 50.5 Å². The summed E-state index contributed by atoms with van der Waals surface area (Å²) < 4.78 is 27.7. The third-order valence-electron chi connectivity index (χ3n) is 4.20. The maximum Gasteiger partial charge on any atom is 0.335 e. The van der Waals surface area contributed by atoms with Crippen LogP contribution in [0, 0.1) is 5.41 Å². The molecule has 116 valence electrons. The molecule has 2 rings (SSSR count). The van der Waals surface area contributed by atoms with Gasteiger partial charge in [0.2, 0.25) is 10.0 Å². The molecule has 0 radical (unpaired) electrons. The Hall–Kier alpha value is -1.40. The van der Waals surface area contributed by atoms with E-state index in [0.29, 0.717) is 0 Å². The van der Waals surface area contributed by atoms with E-state index in [1.165, 1.54) is 24.3 Å². The Morgan fingerprint density at radius 1 is 1.33 bits per heavy atom. The number of rotatable bonds is 4. The molecule has 1 aliphatic carbocycles. The van der Waals surface area contributed by atoms with Crippen LogP contribution in [-0.2, 0) is 10.0 Å². The van der Waals surface area contributed by atoms with E-state index < -0.39 is 16.0 Å². The molecule has 1 saturated carbocycles. The summed E-state index contributed by atoms with van der Waals surface area (Å²) in [5.74, 6) is -1.13. The average Bonchev–Trinajstić information content (AvgIpc) is 2.41. The number of aromatic carboxylic acids is 1. The minimum absolute atomic E-state index is 0.00349. The van der Waals surface area contributed by atoms with Crippen LogP contribution in [-0.4, -0.2) is 25.5 Å². The number of sulfonamides is 1. The number of hydrogen-bond acceptors (Lipinski definition) is 3. The largest absolute Gasteiger partial charge is 0.478 e. The third-order valence-corrected chi connectivity index (χ3v) is 5.67. The first-order valence-electron chi connectivity index (χ1n) is 7.08. The van der Waals surface area contributed by atoms with Crippen molar-refractivity contribution in [2.24, 2.45) is 5.41 Å². The van der Waals surface area contributed by atoms with Gasteiger partial charge in [-0.25, -0.2) is 17.9 Å². The van der Waals surface area contributed by atoms with Crippen molar-refractivity contribution < 1.29 is 18.3 Å². The summed E-state index contributed by atoms with van der Waals surface area (Å²) in [5, 5.41) is 8.96. The molecule has 1 aromatic rings. The Labute approximate surface area is 125 Å². The second-order valence-electron chi connectivity index (χ2n) is 6.24. The number of carboxylic acid groups (broad SMARTS) is 1. The zero-order valence-corrected chi connectivity index (χ0v) is 13.1. The monoisotopic (exact) mass is 311 g/mol. The van der Waals surface area contributed by atoms with E-state index in [1.54, 1.807) is 0 Å². The molecule has 21 heavy (non-hydrogen) atoms. The molecule has 1 aliphatic rings. The Balaban J connectivity index is 2.26. The molecular formula is C15H21NO4S. The van der Waals surface area contributed by atoms with Gasteiger partial charge in [-0.2, -0.15) is 0 Å². The lowest BCUT2D eigenvalue weighted by Gasteiger charge is -2.38. The van der Waals surface area contributed by atoms with E-state index in [0.717, 1.165) is 25.7 Å². The van der Waals surface area contributed by atoms with Crippen LogP contribution in [0.15, 0.2) is 29.2 Å². The summed E-state index contributed by atoms with van der Waals surface area (Å²) in [6.45, 7) is 4.13. The maximum atomic E-state index is 12.5.